The molecule has 1 unspecified atom stereocenters. The van der Waals surface area contributed by atoms with Crippen LogP contribution in [0, 0.1) is 11.6 Å². The molecular weight excluding hydrogens is 284 g/mol. The molecule has 5 heteroatoms. The quantitative estimate of drug-likeness (QED) is 0.863. The molecule has 0 saturated heterocycles. The number of halogens is 3. The van der Waals surface area contributed by atoms with E-state index >= 15 is 0 Å². The van der Waals surface area contributed by atoms with Crippen molar-refractivity contribution in [3.05, 3.63) is 64.2 Å². The van der Waals surface area contributed by atoms with Gasteiger partial charge in [-0.1, -0.05) is 29.8 Å². The lowest BCUT2D eigenvalue weighted by Gasteiger charge is -2.20. The molecule has 0 fully saturated rings. The van der Waals surface area contributed by atoms with Crippen molar-refractivity contribution in [2.75, 3.05) is 14.2 Å². The summed E-state index contributed by atoms with van der Waals surface area (Å²) in [5.74, 6) is -0.624. The van der Waals surface area contributed by atoms with Crippen molar-refractivity contribution in [3.63, 3.8) is 0 Å². The van der Waals surface area contributed by atoms with Crippen molar-refractivity contribution in [2.24, 2.45) is 0 Å². The lowest BCUT2D eigenvalue weighted by Crippen LogP contribution is -2.20. The monoisotopic (exact) mass is 297 g/mol. The van der Waals surface area contributed by atoms with Gasteiger partial charge in [0.05, 0.1) is 18.2 Å². The van der Waals surface area contributed by atoms with Gasteiger partial charge in [0.25, 0.3) is 0 Å². The van der Waals surface area contributed by atoms with E-state index in [4.69, 9.17) is 16.3 Å². The van der Waals surface area contributed by atoms with Crippen molar-refractivity contribution >= 4 is 11.6 Å². The Morgan fingerprint density at radius 1 is 1.10 bits per heavy atom. The van der Waals surface area contributed by atoms with Crippen LogP contribution in [-0.4, -0.2) is 14.2 Å². The summed E-state index contributed by atoms with van der Waals surface area (Å²) in [4.78, 5) is 0. The summed E-state index contributed by atoms with van der Waals surface area (Å²) < 4.78 is 32.9. The molecule has 0 heterocycles. The first-order valence-corrected chi connectivity index (χ1v) is 6.41. The van der Waals surface area contributed by atoms with Gasteiger partial charge in [0.1, 0.15) is 17.4 Å². The van der Waals surface area contributed by atoms with E-state index in [-0.39, 0.29) is 10.6 Å². The number of hydrogen-bond donors (Lipinski definition) is 1. The van der Waals surface area contributed by atoms with Crippen molar-refractivity contribution < 1.29 is 13.5 Å². The fourth-order valence-electron chi connectivity index (χ4n) is 2.14. The molecule has 1 atom stereocenters. The maximum absolute atomic E-state index is 14.1. The van der Waals surface area contributed by atoms with Crippen molar-refractivity contribution in [2.45, 2.75) is 6.04 Å². The van der Waals surface area contributed by atoms with Crippen LogP contribution in [0.15, 0.2) is 36.4 Å². The number of ether oxygens (including phenoxy) is 1. The Bertz CT molecular complexity index is 619. The highest BCUT2D eigenvalue weighted by molar-refractivity contribution is 6.30. The predicted octanol–water partition coefficient (Wildman–Crippen LogP) is 3.94. The van der Waals surface area contributed by atoms with Crippen molar-refractivity contribution in [1.29, 1.82) is 0 Å². The number of hydrogen-bond acceptors (Lipinski definition) is 2. The molecule has 0 spiro atoms. The zero-order valence-corrected chi connectivity index (χ0v) is 11.8. The van der Waals surface area contributed by atoms with Gasteiger partial charge in [-0.2, -0.15) is 0 Å². The first-order chi connectivity index (χ1) is 9.58. The molecule has 2 aromatic carbocycles. The Hall–Kier alpha value is -1.65. The first-order valence-electron chi connectivity index (χ1n) is 6.03. The standard InChI is InChI=1S/C15H14ClF2NO/c1-19-15(9-5-3-4-6-14(9)20-2)10-7-13(18)11(16)8-12(10)17/h3-8,15,19H,1-2H3. The molecule has 0 aliphatic heterocycles. The van der Waals surface area contributed by atoms with Gasteiger partial charge in [-0.3, -0.25) is 0 Å². The Balaban J connectivity index is 2.55. The van der Waals surface area contributed by atoms with Gasteiger partial charge in [-0.15, -0.1) is 0 Å². The van der Waals surface area contributed by atoms with Crippen molar-refractivity contribution in [1.82, 2.24) is 5.32 Å². The van der Waals surface area contributed by atoms with Crippen LogP contribution in [-0.2, 0) is 0 Å². The molecule has 0 amide bonds. The summed E-state index contributed by atoms with van der Waals surface area (Å²) in [7, 11) is 3.20. The second-order valence-corrected chi connectivity index (χ2v) is 4.66. The van der Waals surface area contributed by atoms with E-state index in [9.17, 15) is 8.78 Å². The smallest absolute Gasteiger partial charge is 0.142 e. The predicted molar refractivity (Wildman–Crippen MR) is 75.3 cm³/mol. The van der Waals surface area contributed by atoms with Crippen LogP contribution in [0.1, 0.15) is 17.2 Å². The molecule has 0 aromatic heterocycles. The van der Waals surface area contributed by atoms with E-state index in [1.54, 1.807) is 19.2 Å². The topological polar surface area (TPSA) is 21.3 Å². The summed E-state index contributed by atoms with van der Waals surface area (Å²) in [6, 6.07) is 8.74. The van der Waals surface area contributed by atoms with E-state index in [0.29, 0.717) is 5.75 Å². The van der Waals surface area contributed by atoms with Crippen LogP contribution in [0.25, 0.3) is 0 Å². The third-order valence-electron chi connectivity index (χ3n) is 3.09. The maximum Gasteiger partial charge on any atom is 0.142 e. The molecule has 106 valence electrons. The van der Waals surface area contributed by atoms with Crippen LogP contribution in [0.5, 0.6) is 5.75 Å². The Labute approximate surface area is 121 Å². The lowest BCUT2D eigenvalue weighted by molar-refractivity contribution is 0.404. The molecule has 0 radical (unpaired) electrons. The molecule has 2 aromatic rings. The summed E-state index contributed by atoms with van der Waals surface area (Å²) in [5, 5.41) is 2.73. The van der Waals surface area contributed by atoms with Crippen LogP contribution in [0.4, 0.5) is 8.78 Å². The first kappa shape index (κ1) is 14.8. The zero-order valence-electron chi connectivity index (χ0n) is 11.1. The molecular formula is C15H14ClF2NO. The van der Waals surface area contributed by atoms with Gasteiger partial charge in [0, 0.05) is 11.1 Å². The number of nitrogens with one attached hydrogen (secondary N) is 1. The van der Waals surface area contributed by atoms with Gasteiger partial charge < -0.3 is 10.1 Å². The Kier molecular flexibility index (Phi) is 4.57. The van der Waals surface area contributed by atoms with Crippen LogP contribution >= 0.6 is 11.6 Å². The van der Waals surface area contributed by atoms with Gasteiger partial charge in [-0.05, 0) is 25.2 Å². The number of para-hydroxylation sites is 1. The fourth-order valence-corrected chi connectivity index (χ4v) is 2.29. The Morgan fingerprint density at radius 3 is 2.45 bits per heavy atom. The third-order valence-corrected chi connectivity index (χ3v) is 3.38. The molecule has 0 saturated carbocycles. The van der Waals surface area contributed by atoms with E-state index < -0.39 is 17.7 Å². The normalized spacial score (nSPS) is 12.2. The molecule has 0 bridgehead atoms. The summed E-state index contributed by atoms with van der Waals surface area (Å²) in [6.45, 7) is 0. The highest BCUT2D eigenvalue weighted by Gasteiger charge is 2.21. The Morgan fingerprint density at radius 2 is 1.80 bits per heavy atom. The van der Waals surface area contributed by atoms with Crippen LogP contribution in [0.2, 0.25) is 5.02 Å². The second kappa shape index (κ2) is 6.20. The van der Waals surface area contributed by atoms with E-state index in [0.717, 1.165) is 17.7 Å². The highest BCUT2D eigenvalue weighted by atomic mass is 35.5. The average molecular weight is 298 g/mol. The molecule has 1 N–H and O–H groups in total. The second-order valence-electron chi connectivity index (χ2n) is 4.25. The number of methoxy groups -OCH3 is 1. The maximum atomic E-state index is 14.1. The summed E-state index contributed by atoms with van der Waals surface area (Å²) in [6.07, 6.45) is 0. The van der Waals surface area contributed by atoms with Gasteiger partial charge >= 0.3 is 0 Å². The van der Waals surface area contributed by atoms with Gasteiger partial charge in [0.2, 0.25) is 0 Å². The van der Waals surface area contributed by atoms with E-state index in [1.807, 2.05) is 12.1 Å². The molecule has 0 aliphatic rings. The average Bonchev–Trinajstić information content (AvgIpc) is 2.45. The van der Waals surface area contributed by atoms with Gasteiger partial charge in [-0.25, -0.2) is 8.78 Å². The summed E-state index contributed by atoms with van der Waals surface area (Å²) >= 11 is 5.58. The molecule has 2 nitrogen and oxygen atoms in total. The van der Waals surface area contributed by atoms with Gasteiger partial charge in [0.15, 0.2) is 0 Å². The highest BCUT2D eigenvalue weighted by Crippen LogP contribution is 2.32. The van der Waals surface area contributed by atoms with E-state index in [2.05, 4.69) is 5.32 Å². The van der Waals surface area contributed by atoms with Crippen LogP contribution in [0.3, 0.4) is 0 Å². The largest absolute Gasteiger partial charge is 0.496 e. The zero-order chi connectivity index (χ0) is 14.7. The minimum atomic E-state index is -0.654. The van der Waals surface area contributed by atoms with E-state index in [1.165, 1.54) is 7.11 Å². The molecule has 0 aliphatic carbocycles. The SMILES string of the molecule is CNC(c1cc(F)c(Cl)cc1F)c1ccccc1OC. The number of rotatable bonds is 4. The summed E-state index contributed by atoms with van der Waals surface area (Å²) in [5.41, 5.74) is 0.900. The molecule has 2 rings (SSSR count). The third kappa shape index (κ3) is 2.76. The van der Waals surface area contributed by atoms with Crippen LogP contribution < -0.4 is 10.1 Å². The minimum Gasteiger partial charge on any atom is -0.496 e. The number of benzene rings is 2. The molecule has 20 heavy (non-hydrogen) atoms. The van der Waals surface area contributed by atoms with Crippen molar-refractivity contribution in [3.8, 4) is 5.75 Å². The fraction of sp³-hybridized carbons (Fsp3) is 0.200. The minimum absolute atomic E-state index is 0.180. The lowest BCUT2D eigenvalue weighted by atomic mass is 9.97.